The lowest BCUT2D eigenvalue weighted by atomic mass is 10.1. The minimum absolute atomic E-state index is 0.000665. The van der Waals surface area contributed by atoms with E-state index in [1.54, 1.807) is 6.92 Å². The Morgan fingerprint density at radius 3 is 2.78 bits per heavy atom. The first kappa shape index (κ1) is 17.0. The number of halogens is 2. The quantitative estimate of drug-likeness (QED) is 0.859. The van der Waals surface area contributed by atoms with Crippen molar-refractivity contribution in [2.75, 3.05) is 0 Å². The van der Waals surface area contributed by atoms with Crippen molar-refractivity contribution >= 4 is 11.6 Å². The van der Waals surface area contributed by atoms with Gasteiger partial charge in [-0.1, -0.05) is 17.7 Å². The summed E-state index contributed by atoms with van der Waals surface area (Å²) in [5, 5.41) is 8.89. The highest BCUT2D eigenvalue weighted by atomic mass is 35.5. The molecule has 0 saturated carbocycles. The molecule has 1 heterocycles. The van der Waals surface area contributed by atoms with E-state index in [0.717, 1.165) is 6.07 Å². The number of hydrogen-bond acceptors (Lipinski definition) is 4. The van der Waals surface area contributed by atoms with Crippen molar-refractivity contribution in [3.63, 3.8) is 0 Å². The number of rotatable bonds is 4. The van der Waals surface area contributed by atoms with Crippen LogP contribution in [-0.2, 0) is 6.61 Å². The Labute approximate surface area is 137 Å². The summed E-state index contributed by atoms with van der Waals surface area (Å²) >= 11 is 6.03. The Hall–Kier alpha value is -2.39. The fourth-order valence-electron chi connectivity index (χ4n) is 2.22. The van der Waals surface area contributed by atoms with E-state index < -0.39 is 5.82 Å². The Balaban J connectivity index is 2.33. The second-order valence-electron chi connectivity index (χ2n) is 5.25. The van der Waals surface area contributed by atoms with Gasteiger partial charge in [0.2, 0.25) is 5.88 Å². The van der Waals surface area contributed by atoms with Crippen molar-refractivity contribution in [1.82, 2.24) is 9.55 Å². The van der Waals surface area contributed by atoms with E-state index in [0.29, 0.717) is 11.4 Å². The van der Waals surface area contributed by atoms with Crippen LogP contribution in [0.2, 0.25) is 5.02 Å². The van der Waals surface area contributed by atoms with Crippen LogP contribution < -0.4 is 10.3 Å². The van der Waals surface area contributed by atoms with Gasteiger partial charge in [-0.2, -0.15) is 10.2 Å². The van der Waals surface area contributed by atoms with Gasteiger partial charge in [-0.05, 0) is 32.9 Å². The van der Waals surface area contributed by atoms with E-state index in [4.69, 9.17) is 21.6 Å². The van der Waals surface area contributed by atoms with Crippen LogP contribution in [0.3, 0.4) is 0 Å². The first-order valence-electron chi connectivity index (χ1n) is 6.95. The molecule has 0 bridgehead atoms. The molecule has 0 unspecified atom stereocenters. The molecule has 2 aromatic rings. The lowest BCUT2D eigenvalue weighted by molar-refractivity contribution is 0.289. The predicted molar refractivity (Wildman–Crippen MR) is 84.1 cm³/mol. The monoisotopic (exact) mass is 335 g/mol. The van der Waals surface area contributed by atoms with Gasteiger partial charge in [0.1, 0.15) is 18.2 Å². The lowest BCUT2D eigenvalue weighted by Crippen LogP contribution is -2.26. The first-order valence-corrected chi connectivity index (χ1v) is 7.33. The molecule has 0 radical (unpaired) electrons. The van der Waals surface area contributed by atoms with Gasteiger partial charge in [0.15, 0.2) is 5.02 Å². The highest BCUT2D eigenvalue weighted by Gasteiger charge is 2.16. The SMILES string of the molecule is Cc1nc(OCc2ccc(F)cc2C#N)c(Cl)c(=O)n1C(C)C. The minimum atomic E-state index is -0.503. The van der Waals surface area contributed by atoms with Gasteiger partial charge < -0.3 is 4.74 Å². The molecule has 0 N–H and O–H groups in total. The summed E-state index contributed by atoms with van der Waals surface area (Å²) in [6.07, 6.45) is 0. The third-order valence-corrected chi connectivity index (χ3v) is 3.60. The third kappa shape index (κ3) is 3.51. The average molecular weight is 336 g/mol. The molecule has 1 aromatic carbocycles. The molecule has 0 aliphatic rings. The fraction of sp³-hybridized carbons (Fsp3) is 0.312. The van der Waals surface area contributed by atoms with Crippen LogP contribution in [0.15, 0.2) is 23.0 Å². The van der Waals surface area contributed by atoms with Crippen LogP contribution in [0.1, 0.15) is 36.8 Å². The zero-order valence-corrected chi connectivity index (χ0v) is 13.7. The van der Waals surface area contributed by atoms with E-state index in [1.807, 2.05) is 19.9 Å². The maximum absolute atomic E-state index is 13.1. The highest BCUT2D eigenvalue weighted by molar-refractivity contribution is 6.31. The van der Waals surface area contributed by atoms with Crippen LogP contribution >= 0.6 is 11.6 Å². The summed E-state index contributed by atoms with van der Waals surface area (Å²) in [5.41, 5.74) is 0.259. The third-order valence-electron chi connectivity index (χ3n) is 3.28. The number of hydrogen-bond donors (Lipinski definition) is 0. The summed E-state index contributed by atoms with van der Waals surface area (Å²) in [6.45, 7) is 5.35. The molecule has 0 fully saturated rings. The number of benzene rings is 1. The fourth-order valence-corrected chi connectivity index (χ4v) is 2.41. The maximum atomic E-state index is 13.1. The molecule has 23 heavy (non-hydrogen) atoms. The number of aryl methyl sites for hydroxylation is 1. The van der Waals surface area contributed by atoms with Crippen molar-refractivity contribution in [1.29, 1.82) is 5.26 Å². The minimum Gasteiger partial charge on any atom is -0.472 e. The zero-order valence-electron chi connectivity index (χ0n) is 12.9. The summed E-state index contributed by atoms with van der Waals surface area (Å²) in [6, 6.07) is 5.62. The number of ether oxygens (including phenoxy) is 1. The van der Waals surface area contributed by atoms with Crippen LogP contribution in [0.4, 0.5) is 4.39 Å². The molecule has 0 aliphatic heterocycles. The van der Waals surface area contributed by atoms with Crippen molar-refractivity contribution in [2.24, 2.45) is 0 Å². The summed E-state index contributed by atoms with van der Waals surface area (Å²) in [5.74, 6) is -0.0277. The Morgan fingerprint density at radius 2 is 2.17 bits per heavy atom. The van der Waals surface area contributed by atoms with Gasteiger partial charge in [-0.3, -0.25) is 9.36 Å². The number of aromatic nitrogens is 2. The second kappa shape index (κ2) is 6.80. The molecule has 0 atom stereocenters. The van der Waals surface area contributed by atoms with Gasteiger partial charge in [0.25, 0.3) is 5.56 Å². The maximum Gasteiger partial charge on any atom is 0.276 e. The zero-order chi connectivity index (χ0) is 17.1. The molecule has 0 saturated heterocycles. The van der Waals surface area contributed by atoms with E-state index in [1.165, 1.54) is 16.7 Å². The van der Waals surface area contributed by atoms with E-state index in [9.17, 15) is 9.18 Å². The van der Waals surface area contributed by atoms with Crippen molar-refractivity contribution in [3.05, 3.63) is 56.3 Å². The van der Waals surface area contributed by atoms with E-state index in [-0.39, 0.29) is 34.7 Å². The van der Waals surface area contributed by atoms with Crippen LogP contribution in [0.25, 0.3) is 0 Å². The first-order chi connectivity index (χ1) is 10.8. The lowest BCUT2D eigenvalue weighted by Gasteiger charge is -2.15. The van der Waals surface area contributed by atoms with Gasteiger partial charge in [-0.25, -0.2) is 4.39 Å². The predicted octanol–water partition coefficient (Wildman–Crippen LogP) is 3.38. The molecular weight excluding hydrogens is 321 g/mol. The Bertz CT molecular complexity index is 840. The molecule has 1 aromatic heterocycles. The van der Waals surface area contributed by atoms with Crippen molar-refractivity contribution in [3.8, 4) is 11.9 Å². The molecule has 2 rings (SSSR count). The van der Waals surface area contributed by atoms with Gasteiger partial charge in [-0.15, -0.1) is 0 Å². The number of nitriles is 1. The summed E-state index contributed by atoms with van der Waals surface area (Å²) in [7, 11) is 0. The molecular formula is C16H15ClFN3O2. The topological polar surface area (TPSA) is 67.9 Å². The molecule has 0 amide bonds. The Kier molecular flexibility index (Phi) is 5.02. The molecule has 5 nitrogen and oxygen atoms in total. The average Bonchev–Trinajstić information content (AvgIpc) is 2.50. The molecule has 0 spiro atoms. The molecule has 120 valence electrons. The van der Waals surface area contributed by atoms with Crippen molar-refractivity contribution in [2.45, 2.75) is 33.4 Å². The van der Waals surface area contributed by atoms with Crippen LogP contribution in [0.5, 0.6) is 5.88 Å². The number of nitrogens with zero attached hydrogens (tertiary/aromatic N) is 3. The van der Waals surface area contributed by atoms with E-state index >= 15 is 0 Å². The van der Waals surface area contributed by atoms with E-state index in [2.05, 4.69) is 4.98 Å². The van der Waals surface area contributed by atoms with Gasteiger partial charge >= 0.3 is 0 Å². The van der Waals surface area contributed by atoms with Crippen molar-refractivity contribution < 1.29 is 9.13 Å². The standard InChI is InChI=1S/C16H15ClFN3O2/c1-9(2)21-10(3)20-15(14(17)16(21)22)23-8-11-4-5-13(18)6-12(11)7-19/h4-6,9H,8H2,1-3H3. The second-order valence-corrected chi connectivity index (χ2v) is 5.63. The van der Waals surface area contributed by atoms with Crippen LogP contribution in [0, 0.1) is 24.1 Å². The Morgan fingerprint density at radius 1 is 1.48 bits per heavy atom. The van der Waals surface area contributed by atoms with Gasteiger partial charge in [0.05, 0.1) is 11.6 Å². The molecule has 0 aliphatic carbocycles. The largest absolute Gasteiger partial charge is 0.472 e. The summed E-state index contributed by atoms with van der Waals surface area (Å²) < 4.78 is 20.1. The smallest absolute Gasteiger partial charge is 0.276 e. The van der Waals surface area contributed by atoms with Crippen LogP contribution in [-0.4, -0.2) is 9.55 Å². The highest BCUT2D eigenvalue weighted by Crippen LogP contribution is 2.21. The molecule has 7 heteroatoms. The summed E-state index contributed by atoms with van der Waals surface area (Å²) in [4.78, 5) is 16.4. The van der Waals surface area contributed by atoms with Gasteiger partial charge in [0, 0.05) is 11.6 Å². The normalized spacial score (nSPS) is 10.7.